The van der Waals surface area contributed by atoms with Crippen molar-refractivity contribution in [1.29, 1.82) is 0 Å². The van der Waals surface area contributed by atoms with E-state index >= 15 is 0 Å². The standard InChI is InChI=1S/C12H18N2O2/c1-3-4-7-10(12(15)16)14-11-8-5-6-9(2)13-11/h5-6,8,10H,3-4,7H2,1-2H3,(H,13,14)(H,15,16)/t10-/m0/s1. The zero-order valence-corrected chi connectivity index (χ0v) is 9.73. The Morgan fingerprint density at radius 1 is 1.56 bits per heavy atom. The summed E-state index contributed by atoms with van der Waals surface area (Å²) in [4.78, 5) is 15.2. The Labute approximate surface area is 95.7 Å². The second-order valence-electron chi connectivity index (χ2n) is 3.84. The van der Waals surface area contributed by atoms with Gasteiger partial charge in [-0.2, -0.15) is 0 Å². The van der Waals surface area contributed by atoms with Crippen molar-refractivity contribution >= 4 is 11.8 Å². The Morgan fingerprint density at radius 2 is 2.31 bits per heavy atom. The number of anilines is 1. The molecule has 0 saturated carbocycles. The van der Waals surface area contributed by atoms with Crippen LogP contribution in [0.3, 0.4) is 0 Å². The first-order valence-electron chi connectivity index (χ1n) is 5.56. The van der Waals surface area contributed by atoms with Gasteiger partial charge in [-0.1, -0.05) is 25.8 Å². The van der Waals surface area contributed by atoms with Gasteiger partial charge in [-0.05, 0) is 25.5 Å². The van der Waals surface area contributed by atoms with E-state index in [9.17, 15) is 4.79 Å². The van der Waals surface area contributed by atoms with Gasteiger partial charge in [0.25, 0.3) is 0 Å². The van der Waals surface area contributed by atoms with E-state index in [2.05, 4.69) is 10.3 Å². The van der Waals surface area contributed by atoms with Crippen LogP contribution in [0.2, 0.25) is 0 Å². The third kappa shape index (κ3) is 3.88. The maximum Gasteiger partial charge on any atom is 0.326 e. The summed E-state index contributed by atoms with van der Waals surface area (Å²) in [6.45, 7) is 3.93. The van der Waals surface area contributed by atoms with Gasteiger partial charge in [0.1, 0.15) is 11.9 Å². The minimum atomic E-state index is -0.822. The number of nitrogens with zero attached hydrogens (tertiary/aromatic N) is 1. The van der Waals surface area contributed by atoms with Crippen molar-refractivity contribution in [1.82, 2.24) is 4.98 Å². The molecule has 0 aliphatic rings. The molecule has 1 aromatic heterocycles. The van der Waals surface area contributed by atoms with Gasteiger partial charge in [0.2, 0.25) is 0 Å². The summed E-state index contributed by atoms with van der Waals surface area (Å²) in [5.74, 6) is -0.194. The lowest BCUT2D eigenvalue weighted by Gasteiger charge is -2.14. The number of unbranched alkanes of at least 4 members (excludes halogenated alkanes) is 1. The molecule has 0 saturated heterocycles. The molecule has 0 aliphatic heterocycles. The highest BCUT2D eigenvalue weighted by molar-refractivity contribution is 5.76. The van der Waals surface area contributed by atoms with Crippen LogP contribution in [0, 0.1) is 6.92 Å². The highest BCUT2D eigenvalue weighted by Crippen LogP contribution is 2.10. The molecule has 0 fully saturated rings. The summed E-state index contributed by atoms with van der Waals surface area (Å²) in [5.41, 5.74) is 0.879. The van der Waals surface area contributed by atoms with Gasteiger partial charge in [0, 0.05) is 5.69 Å². The second kappa shape index (κ2) is 6.10. The highest BCUT2D eigenvalue weighted by Gasteiger charge is 2.16. The summed E-state index contributed by atoms with van der Waals surface area (Å²) >= 11 is 0. The molecule has 4 nitrogen and oxygen atoms in total. The van der Waals surface area contributed by atoms with E-state index in [4.69, 9.17) is 5.11 Å². The fourth-order valence-corrected chi connectivity index (χ4v) is 1.47. The van der Waals surface area contributed by atoms with Crippen LogP contribution >= 0.6 is 0 Å². The average molecular weight is 222 g/mol. The molecule has 0 radical (unpaired) electrons. The number of aryl methyl sites for hydroxylation is 1. The van der Waals surface area contributed by atoms with Crippen LogP contribution < -0.4 is 5.32 Å². The topological polar surface area (TPSA) is 62.2 Å². The first kappa shape index (κ1) is 12.5. The Morgan fingerprint density at radius 3 is 2.88 bits per heavy atom. The van der Waals surface area contributed by atoms with E-state index < -0.39 is 12.0 Å². The van der Waals surface area contributed by atoms with Crippen LogP contribution in [-0.2, 0) is 4.79 Å². The van der Waals surface area contributed by atoms with Gasteiger partial charge in [-0.25, -0.2) is 9.78 Å². The maximum atomic E-state index is 11.0. The number of carboxylic acids is 1. The van der Waals surface area contributed by atoms with Crippen LogP contribution in [0.25, 0.3) is 0 Å². The van der Waals surface area contributed by atoms with Crippen LogP contribution in [0.4, 0.5) is 5.82 Å². The summed E-state index contributed by atoms with van der Waals surface area (Å²) in [6.07, 6.45) is 2.52. The van der Waals surface area contributed by atoms with Crippen molar-refractivity contribution in [3.05, 3.63) is 23.9 Å². The van der Waals surface area contributed by atoms with E-state index in [0.29, 0.717) is 12.2 Å². The predicted octanol–water partition coefficient (Wildman–Crippen LogP) is 2.45. The third-order valence-electron chi connectivity index (χ3n) is 2.35. The molecular weight excluding hydrogens is 204 g/mol. The van der Waals surface area contributed by atoms with E-state index in [0.717, 1.165) is 18.5 Å². The quantitative estimate of drug-likeness (QED) is 0.776. The first-order valence-corrected chi connectivity index (χ1v) is 5.56. The van der Waals surface area contributed by atoms with Gasteiger partial charge in [0.05, 0.1) is 0 Å². The predicted molar refractivity (Wildman–Crippen MR) is 63.5 cm³/mol. The number of aromatic nitrogens is 1. The normalized spacial score (nSPS) is 12.1. The van der Waals surface area contributed by atoms with Crippen LogP contribution in [0.15, 0.2) is 18.2 Å². The first-order chi connectivity index (χ1) is 7.63. The number of pyridine rings is 1. The van der Waals surface area contributed by atoms with Crippen LogP contribution in [0.5, 0.6) is 0 Å². The minimum absolute atomic E-state index is 0.547. The maximum absolute atomic E-state index is 11.0. The summed E-state index contributed by atoms with van der Waals surface area (Å²) in [7, 11) is 0. The van der Waals surface area contributed by atoms with Crippen molar-refractivity contribution in [2.45, 2.75) is 39.2 Å². The monoisotopic (exact) mass is 222 g/mol. The lowest BCUT2D eigenvalue weighted by atomic mass is 10.1. The second-order valence-corrected chi connectivity index (χ2v) is 3.84. The zero-order chi connectivity index (χ0) is 12.0. The third-order valence-corrected chi connectivity index (χ3v) is 2.35. The van der Waals surface area contributed by atoms with Crippen molar-refractivity contribution in [2.24, 2.45) is 0 Å². The summed E-state index contributed by atoms with van der Waals surface area (Å²) < 4.78 is 0. The number of rotatable bonds is 6. The smallest absolute Gasteiger partial charge is 0.326 e. The number of hydrogen-bond donors (Lipinski definition) is 2. The molecular formula is C12H18N2O2. The summed E-state index contributed by atoms with van der Waals surface area (Å²) in [6, 6.07) is 4.99. The van der Waals surface area contributed by atoms with E-state index in [1.807, 2.05) is 26.0 Å². The van der Waals surface area contributed by atoms with Gasteiger partial charge < -0.3 is 10.4 Å². The van der Waals surface area contributed by atoms with Crippen LogP contribution in [-0.4, -0.2) is 22.1 Å². The summed E-state index contributed by atoms with van der Waals surface area (Å²) in [5, 5.41) is 12.0. The molecule has 0 amide bonds. The highest BCUT2D eigenvalue weighted by atomic mass is 16.4. The molecule has 4 heteroatoms. The molecule has 0 unspecified atom stereocenters. The minimum Gasteiger partial charge on any atom is -0.480 e. The van der Waals surface area contributed by atoms with Crippen LogP contribution in [0.1, 0.15) is 31.9 Å². The molecule has 1 heterocycles. The largest absolute Gasteiger partial charge is 0.480 e. The molecule has 1 rings (SSSR count). The van der Waals surface area contributed by atoms with E-state index in [1.54, 1.807) is 6.07 Å². The Hall–Kier alpha value is -1.58. The molecule has 1 aromatic rings. The Balaban J connectivity index is 2.64. The molecule has 1 atom stereocenters. The molecule has 16 heavy (non-hydrogen) atoms. The number of hydrogen-bond acceptors (Lipinski definition) is 3. The number of carbonyl (C=O) groups is 1. The van der Waals surface area contributed by atoms with E-state index in [-0.39, 0.29) is 0 Å². The number of aliphatic carboxylic acids is 1. The molecule has 0 aliphatic carbocycles. The van der Waals surface area contributed by atoms with Gasteiger partial charge in [0.15, 0.2) is 0 Å². The van der Waals surface area contributed by atoms with Gasteiger partial charge in [-0.15, -0.1) is 0 Å². The Bertz CT molecular complexity index is 353. The fraction of sp³-hybridized carbons (Fsp3) is 0.500. The lowest BCUT2D eigenvalue weighted by molar-refractivity contribution is -0.138. The van der Waals surface area contributed by atoms with Crippen molar-refractivity contribution < 1.29 is 9.90 Å². The molecule has 2 N–H and O–H groups in total. The van der Waals surface area contributed by atoms with Crippen molar-refractivity contribution in [2.75, 3.05) is 5.32 Å². The average Bonchev–Trinajstić information content (AvgIpc) is 2.24. The van der Waals surface area contributed by atoms with Gasteiger partial charge >= 0.3 is 5.97 Å². The Kier molecular flexibility index (Phi) is 4.76. The SMILES string of the molecule is CCCC[C@H](Nc1cccc(C)n1)C(=O)O. The molecule has 88 valence electrons. The van der Waals surface area contributed by atoms with E-state index in [1.165, 1.54) is 0 Å². The molecule has 0 spiro atoms. The van der Waals surface area contributed by atoms with Crippen molar-refractivity contribution in [3.63, 3.8) is 0 Å². The van der Waals surface area contributed by atoms with Gasteiger partial charge in [-0.3, -0.25) is 0 Å². The zero-order valence-electron chi connectivity index (χ0n) is 9.73. The fourth-order valence-electron chi connectivity index (χ4n) is 1.47. The lowest BCUT2D eigenvalue weighted by Crippen LogP contribution is -2.29. The number of carboxylic acid groups (broad SMARTS) is 1. The molecule has 0 aromatic carbocycles. The number of nitrogens with one attached hydrogen (secondary N) is 1. The van der Waals surface area contributed by atoms with Crippen molar-refractivity contribution in [3.8, 4) is 0 Å². The molecule has 0 bridgehead atoms.